The van der Waals surface area contributed by atoms with E-state index in [4.69, 9.17) is 24.3 Å². The number of nitriles is 1. The molecule has 296 valence electrons. The van der Waals surface area contributed by atoms with Gasteiger partial charge in [-0.3, -0.25) is 34.4 Å². The number of β-lactam (4-membered cyclic amide) rings is 1. The zero-order chi connectivity index (χ0) is 40.8. The summed E-state index contributed by atoms with van der Waals surface area (Å²) in [4.78, 5) is 75.7. The van der Waals surface area contributed by atoms with E-state index in [1.807, 2.05) is 17.4 Å². The summed E-state index contributed by atoms with van der Waals surface area (Å²) in [6.45, 7) is 3.75. The van der Waals surface area contributed by atoms with Crippen molar-refractivity contribution in [3.8, 4) is 23.1 Å². The number of methoxy groups -OCH3 is 1. The number of nitrogens with one attached hydrogen (secondary N) is 3. The minimum absolute atomic E-state index is 0.00419. The largest absolute Gasteiger partial charge is 0.497 e. The van der Waals surface area contributed by atoms with Gasteiger partial charge in [0.25, 0.3) is 17.7 Å². The number of hydrogen-bond acceptors (Lipinski definition) is 13. The van der Waals surface area contributed by atoms with Crippen molar-refractivity contribution in [2.75, 3.05) is 30.6 Å². The standard InChI is InChI=1S/C26H31FIN3O8S.C11H8N4O/c1-26(2,3)39-19(32)11-18(30-38-10-9-27)22(33)29-20-23(34)31-21(16(12-28)14-40-24(20)31)25(35)37-13-15-5-7-17(36-4)8-6-15;12-7-15-11(16)10-5-9(6-14-10)8-1-3-13-4-2-8/h5-8,20,24H,9-14H2,1-4H3,(H,29,33);1-6,14H,(H,15,16)/b30-18+;. The van der Waals surface area contributed by atoms with Gasteiger partial charge in [0.15, 0.2) is 11.9 Å². The van der Waals surface area contributed by atoms with Gasteiger partial charge in [-0.15, -0.1) is 11.8 Å². The number of thioether (sulfide) groups is 1. The Balaban J connectivity index is 0.000000360. The number of oxime groups is 1. The zero-order valence-electron chi connectivity index (χ0n) is 30.8. The van der Waals surface area contributed by atoms with Gasteiger partial charge < -0.3 is 29.3 Å². The molecule has 2 aromatic heterocycles. The van der Waals surface area contributed by atoms with Crippen molar-refractivity contribution in [2.24, 2.45) is 5.16 Å². The second-order valence-corrected chi connectivity index (χ2v) is 14.7. The predicted octanol–water partition coefficient (Wildman–Crippen LogP) is 4.19. The Kier molecular flexibility index (Phi) is 15.8. The first-order valence-corrected chi connectivity index (χ1v) is 19.5. The van der Waals surface area contributed by atoms with Crippen molar-refractivity contribution < 1.29 is 47.4 Å². The third-order valence-corrected chi connectivity index (χ3v) is 9.93. The molecule has 3 N–H and O–H groups in total. The number of benzene rings is 1. The molecule has 1 saturated heterocycles. The fourth-order valence-electron chi connectivity index (χ4n) is 5.12. The molecular weight excluding hydrogens is 864 g/mol. The number of carbonyl (C=O) groups is 5. The van der Waals surface area contributed by atoms with E-state index in [9.17, 15) is 28.4 Å². The summed E-state index contributed by atoms with van der Waals surface area (Å²) in [7, 11) is 1.56. The number of esters is 2. The number of alkyl halides is 2. The van der Waals surface area contributed by atoms with Crippen LogP contribution in [0, 0.1) is 11.5 Å². The molecule has 0 radical (unpaired) electrons. The number of pyridine rings is 1. The minimum Gasteiger partial charge on any atom is -0.497 e. The molecule has 0 spiro atoms. The number of carbonyl (C=O) groups excluding carboxylic acids is 5. The lowest BCUT2D eigenvalue weighted by molar-refractivity contribution is -0.154. The number of halogens is 2. The summed E-state index contributed by atoms with van der Waals surface area (Å²) >= 11 is 3.51. The maximum absolute atomic E-state index is 13.2. The minimum atomic E-state index is -0.984. The van der Waals surface area contributed by atoms with Gasteiger partial charge in [0.05, 0.1) is 13.5 Å². The molecule has 0 saturated carbocycles. The van der Waals surface area contributed by atoms with E-state index in [0.717, 1.165) is 22.3 Å². The number of aromatic nitrogens is 2. The predicted molar refractivity (Wildman–Crippen MR) is 211 cm³/mol. The van der Waals surface area contributed by atoms with Crippen LogP contribution in [0.4, 0.5) is 4.39 Å². The summed E-state index contributed by atoms with van der Waals surface area (Å²) < 4.78 is 28.9. The maximum Gasteiger partial charge on any atom is 0.355 e. The second kappa shape index (κ2) is 20.4. The van der Waals surface area contributed by atoms with Crippen LogP contribution in [-0.2, 0) is 40.1 Å². The van der Waals surface area contributed by atoms with Crippen LogP contribution in [0.2, 0.25) is 0 Å². The van der Waals surface area contributed by atoms with Crippen molar-refractivity contribution in [2.45, 2.75) is 50.8 Å². The Morgan fingerprint density at radius 1 is 1.14 bits per heavy atom. The number of nitrogens with zero attached hydrogens (tertiary/aromatic N) is 4. The normalized spacial score (nSPS) is 16.2. The van der Waals surface area contributed by atoms with Crippen LogP contribution in [0.25, 0.3) is 11.1 Å². The zero-order valence-corrected chi connectivity index (χ0v) is 33.8. The highest BCUT2D eigenvalue weighted by molar-refractivity contribution is 14.1. The molecule has 2 unspecified atom stereocenters. The number of hydrogen-bond donors (Lipinski definition) is 3. The highest BCUT2D eigenvalue weighted by Gasteiger charge is 2.54. The summed E-state index contributed by atoms with van der Waals surface area (Å²) in [5.74, 6) is -2.04. The van der Waals surface area contributed by atoms with E-state index in [1.54, 1.807) is 83.0 Å². The Labute approximate surface area is 339 Å². The number of rotatable bonds is 14. The molecule has 5 rings (SSSR count). The van der Waals surface area contributed by atoms with E-state index in [1.165, 1.54) is 16.7 Å². The highest BCUT2D eigenvalue weighted by Crippen LogP contribution is 2.41. The SMILES string of the molecule is COc1ccc(COC(=O)C2=C(CI)CSC3C(NC(=O)/C(CC(=O)OC(C)(C)C)=N/OCCF)C(=O)N23)cc1.N#CNC(=O)c1cc(-c2ccncc2)c[nH]1. The van der Waals surface area contributed by atoms with Gasteiger partial charge >= 0.3 is 11.9 Å². The maximum atomic E-state index is 13.2. The monoisotopic (exact) mass is 903 g/mol. The van der Waals surface area contributed by atoms with E-state index in [0.29, 0.717) is 21.6 Å². The van der Waals surface area contributed by atoms with Gasteiger partial charge in [-0.2, -0.15) is 5.26 Å². The molecule has 56 heavy (non-hydrogen) atoms. The first kappa shape index (κ1) is 43.2. The molecule has 16 nitrogen and oxygen atoms in total. The van der Waals surface area contributed by atoms with E-state index >= 15 is 0 Å². The molecule has 2 atom stereocenters. The number of H-pyrrole nitrogens is 1. The fraction of sp³-hybridized carbons (Fsp3) is 0.351. The van der Waals surface area contributed by atoms with Crippen molar-refractivity contribution in [3.63, 3.8) is 0 Å². The molecule has 1 fully saturated rings. The van der Waals surface area contributed by atoms with Crippen LogP contribution in [0.5, 0.6) is 5.75 Å². The molecule has 3 amide bonds. The third kappa shape index (κ3) is 11.8. The van der Waals surface area contributed by atoms with Crippen molar-refractivity contribution in [1.29, 1.82) is 5.26 Å². The molecule has 19 heteroatoms. The van der Waals surface area contributed by atoms with Gasteiger partial charge in [-0.25, -0.2) is 9.18 Å². The molecule has 2 aliphatic heterocycles. The van der Waals surface area contributed by atoms with Crippen LogP contribution >= 0.6 is 34.4 Å². The highest BCUT2D eigenvalue weighted by atomic mass is 127. The topological polar surface area (TPSA) is 214 Å². The summed E-state index contributed by atoms with van der Waals surface area (Å²) in [6.07, 6.45) is 6.11. The van der Waals surface area contributed by atoms with E-state index < -0.39 is 66.4 Å². The molecule has 3 aromatic rings. The van der Waals surface area contributed by atoms with Gasteiger partial charge in [0, 0.05) is 34.3 Å². The number of ether oxygens (including phenoxy) is 3. The van der Waals surface area contributed by atoms with Crippen LogP contribution < -0.4 is 15.4 Å². The second-order valence-electron chi connectivity index (χ2n) is 12.8. The average Bonchev–Trinajstić information content (AvgIpc) is 3.69. The average molecular weight is 904 g/mol. The summed E-state index contributed by atoms with van der Waals surface area (Å²) in [6, 6.07) is 11.4. The van der Waals surface area contributed by atoms with Crippen LogP contribution in [0.3, 0.4) is 0 Å². The quantitative estimate of drug-likeness (QED) is 0.0239. The van der Waals surface area contributed by atoms with Gasteiger partial charge in [-0.1, -0.05) is 39.9 Å². The molecule has 0 aliphatic carbocycles. The number of aromatic amines is 1. The Bertz CT molecular complexity index is 2000. The lowest BCUT2D eigenvalue weighted by Gasteiger charge is -2.49. The van der Waals surface area contributed by atoms with Crippen molar-refractivity contribution >= 4 is 69.7 Å². The molecule has 0 bridgehead atoms. The Hall–Kier alpha value is -5.49. The van der Waals surface area contributed by atoms with Gasteiger partial charge in [0.1, 0.15) is 54.0 Å². The third-order valence-electron chi connectivity index (χ3n) is 7.67. The molecule has 4 heterocycles. The smallest absolute Gasteiger partial charge is 0.355 e. The van der Waals surface area contributed by atoms with Crippen LogP contribution in [0.1, 0.15) is 43.2 Å². The lowest BCUT2D eigenvalue weighted by Crippen LogP contribution is -2.71. The Morgan fingerprint density at radius 3 is 2.48 bits per heavy atom. The first-order chi connectivity index (χ1) is 26.8. The van der Waals surface area contributed by atoms with E-state index in [2.05, 4.69) is 43.0 Å². The number of amides is 3. The first-order valence-electron chi connectivity index (χ1n) is 16.9. The summed E-state index contributed by atoms with van der Waals surface area (Å²) in [5, 5.41) is 16.0. The number of fused-ring (bicyclic) bond motifs is 1. The van der Waals surface area contributed by atoms with Crippen LogP contribution in [-0.4, -0.2) is 97.8 Å². The molecule has 1 aromatic carbocycles. The fourth-order valence-corrected chi connectivity index (χ4v) is 7.46. The lowest BCUT2D eigenvalue weighted by atomic mass is 10.0. The van der Waals surface area contributed by atoms with Crippen LogP contribution in [0.15, 0.2) is 77.5 Å². The van der Waals surface area contributed by atoms with E-state index in [-0.39, 0.29) is 18.0 Å². The van der Waals surface area contributed by atoms with Gasteiger partial charge in [0.2, 0.25) is 0 Å². The van der Waals surface area contributed by atoms with Crippen molar-refractivity contribution in [3.05, 3.63) is 83.6 Å². The van der Waals surface area contributed by atoms with Gasteiger partial charge in [-0.05, 0) is 67.8 Å². The molecule has 2 aliphatic rings. The Morgan fingerprint density at radius 2 is 1.86 bits per heavy atom. The van der Waals surface area contributed by atoms with Crippen molar-refractivity contribution in [1.82, 2.24) is 25.5 Å². The summed E-state index contributed by atoms with van der Waals surface area (Å²) in [5.41, 5.74) is 2.68. The molecular formula is C37H39FIN7O9S.